The highest BCUT2D eigenvalue weighted by Gasteiger charge is 2.35. The molecule has 0 unspecified atom stereocenters. The molecule has 0 amide bonds. The Bertz CT molecular complexity index is 590. The average Bonchev–Trinajstić information content (AvgIpc) is 2.30. The molecule has 1 fully saturated rings. The molecular formula is C16H22ClN3O2. The van der Waals surface area contributed by atoms with Gasteiger partial charge in [0.1, 0.15) is 11.4 Å². The van der Waals surface area contributed by atoms with Gasteiger partial charge in [0.25, 0.3) is 0 Å². The first-order valence-electron chi connectivity index (χ1n) is 7.24. The smallest absolute Gasteiger partial charge is 0.312 e. The third-order valence-electron chi connectivity index (χ3n) is 3.43. The topological polar surface area (TPSA) is 79.4 Å². The van der Waals surface area contributed by atoms with Gasteiger partial charge in [-0.25, -0.2) is 0 Å². The lowest BCUT2D eigenvalue weighted by Crippen LogP contribution is -2.51. The van der Waals surface area contributed by atoms with E-state index >= 15 is 0 Å². The van der Waals surface area contributed by atoms with Gasteiger partial charge in [-0.05, 0) is 38.5 Å². The van der Waals surface area contributed by atoms with E-state index in [-0.39, 0.29) is 17.7 Å². The Balaban J connectivity index is 1.87. The predicted octanol–water partition coefficient (Wildman–Crippen LogP) is 2.40. The fourth-order valence-corrected chi connectivity index (χ4v) is 2.67. The number of carbonyl (C=O) groups excluding carboxylic acids is 1. The Morgan fingerprint density at radius 2 is 2.09 bits per heavy atom. The van der Waals surface area contributed by atoms with Crippen LogP contribution in [0.3, 0.4) is 0 Å². The van der Waals surface area contributed by atoms with Gasteiger partial charge >= 0.3 is 5.97 Å². The summed E-state index contributed by atoms with van der Waals surface area (Å²) >= 11 is 6.11. The van der Waals surface area contributed by atoms with E-state index in [4.69, 9.17) is 27.5 Å². The number of halogens is 1. The van der Waals surface area contributed by atoms with Gasteiger partial charge < -0.3 is 10.5 Å². The van der Waals surface area contributed by atoms with Gasteiger partial charge in [-0.1, -0.05) is 17.7 Å². The number of esters is 1. The summed E-state index contributed by atoms with van der Waals surface area (Å²) in [6.07, 6.45) is 0. The Morgan fingerprint density at radius 3 is 2.59 bits per heavy atom. The number of likely N-dealkylation sites (tertiary alicyclic amines) is 1. The molecule has 120 valence electrons. The first-order valence-corrected chi connectivity index (χ1v) is 7.61. The van der Waals surface area contributed by atoms with E-state index in [1.165, 1.54) is 0 Å². The van der Waals surface area contributed by atoms with Crippen molar-refractivity contribution >= 4 is 23.4 Å². The molecule has 2 rings (SSSR count). The van der Waals surface area contributed by atoms with E-state index in [1.54, 1.807) is 6.07 Å². The molecule has 3 N–H and O–H groups in total. The first kappa shape index (κ1) is 16.8. The molecule has 1 aromatic rings. The first-order chi connectivity index (χ1) is 10.2. The van der Waals surface area contributed by atoms with E-state index in [9.17, 15) is 4.79 Å². The Hall–Kier alpha value is -1.59. The summed E-state index contributed by atoms with van der Waals surface area (Å²) in [5.74, 6) is -0.217. The monoisotopic (exact) mass is 323 g/mol. The Kier molecular flexibility index (Phi) is 4.78. The molecule has 0 radical (unpaired) electrons. The number of hydrogen-bond acceptors (Lipinski definition) is 4. The van der Waals surface area contributed by atoms with Gasteiger partial charge in [-0.2, -0.15) is 0 Å². The van der Waals surface area contributed by atoms with E-state index in [2.05, 4.69) is 4.90 Å². The molecule has 1 aromatic carbocycles. The minimum atomic E-state index is -0.437. The van der Waals surface area contributed by atoms with Crippen LogP contribution in [-0.2, 0) is 16.1 Å². The quantitative estimate of drug-likeness (QED) is 0.506. The van der Waals surface area contributed by atoms with Crippen molar-refractivity contribution in [1.29, 1.82) is 5.41 Å². The lowest BCUT2D eigenvalue weighted by atomic mass is 9.98. The molecule has 1 heterocycles. The number of rotatable bonds is 4. The molecule has 0 spiro atoms. The molecule has 0 bridgehead atoms. The maximum Gasteiger partial charge on any atom is 0.312 e. The second-order valence-corrected chi connectivity index (χ2v) is 7.06. The van der Waals surface area contributed by atoms with Crippen LogP contribution in [0, 0.1) is 11.3 Å². The van der Waals surface area contributed by atoms with E-state index in [0.717, 1.165) is 12.1 Å². The molecule has 5 nitrogen and oxygen atoms in total. The van der Waals surface area contributed by atoms with Crippen LogP contribution in [0.25, 0.3) is 0 Å². The number of nitrogens with one attached hydrogen (secondary N) is 1. The second kappa shape index (κ2) is 6.26. The zero-order valence-corrected chi connectivity index (χ0v) is 13.9. The lowest BCUT2D eigenvalue weighted by Gasteiger charge is -2.38. The molecule has 0 aromatic heterocycles. The molecule has 1 aliphatic rings. The summed E-state index contributed by atoms with van der Waals surface area (Å²) in [4.78, 5) is 14.1. The normalized spacial score (nSPS) is 16.2. The highest BCUT2D eigenvalue weighted by molar-refractivity contribution is 6.34. The summed E-state index contributed by atoms with van der Waals surface area (Å²) < 4.78 is 5.38. The summed E-state index contributed by atoms with van der Waals surface area (Å²) in [6.45, 7) is 7.74. The van der Waals surface area contributed by atoms with Crippen molar-refractivity contribution in [3.8, 4) is 0 Å². The van der Waals surface area contributed by atoms with Crippen LogP contribution < -0.4 is 5.73 Å². The van der Waals surface area contributed by atoms with Crippen LogP contribution >= 0.6 is 11.6 Å². The maximum atomic E-state index is 11.9. The lowest BCUT2D eigenvalue weighted by molar-refractivity contribution is -0.166. The third kappa shape index (κ3) is 4.21. The number of carbonyl (C=O) groups is 1. The molecule has 0 aliphatic carbocycles. The predicted molar refractivity (Wildman–Crippen MR) is 87.1 cm³/mol. The van der Waals surface area contributed by atoms with Crippen molar-refractivity contribution in [2.45, 2.75) is 32.9 Å². The van der Waals surface area contributed by atoms with E-state index < -0.39 is 5.60 Å². The highest BCUT2D eigenvalue weighted by Crippen LogP contribution is 2.24. The summed E-state index contributed by atoms with van der Waals surface area (Å²) in [7, 11) is 0. The molecule has 22 heavy (non-hydrogen) atoms. The van der Waals surface area contributed by atoms with Gasteiger partial charge in [-0.3, -0.25) is 15.1 Å². The van der Waals surface area contributed by atoms with Crippen LogP contribution in [0.15, 0.2) is 18.2 Å². The average molecular weight is 324 g/mol. The van der Waals surface area contributed by atoms with Gasteiger partial charge in [0.2, 0.25) is 0 Å². The molecule has 0 atom stereocenters. The number of amidine groups is 1. The SMILES string of the molecule is CC(C)(C)OC(=O)C1CN(Cc2ccc(C(=N)N)c(Cl)c2)C1. The van der Waals surface area contributed by atoms with Gasteiger partial charge in [0.05, 0.1) is 10.9 Å². The number of benzene rings is 1. The second-order valence-electron chi connectivity index (χ2n) is 6.65. The highest BCUT2D eigenvalue weighted by atomic mass is 35.5. The summed E-state index contributed by atoms with van der Waals surface area (Å²) in [5.41, 5.74) is 6.59. The minimum absolute atomic E-state index is 0.0366. The van der Waals surface area contributed by atoms with Gasteiger partial charge in [-0.15, -0.1) is 0 Å². The van der Waals surface area contributed by atoms with Crippen molar-refractivity contribution in [2.75, 3.05) is 13.1 Å². The fourth-order valence-electron chi connectivity index (χ4n) is 2.37. The third-order valence-corrected chi connectivity index (χ3v) is 3.74. The summed E-state index contributed by atoms with van der Waals surface area (Å²) in [5, 5.41) is 7.89. The largest absolute Gasteiger partial charge is 0.460 e. The minimum Gasteiger partial charge on any atom is -0.460 e. The van der Waals surface area contributed by atoms with Gasteiger partial charge in [0.15, 0.2) is 0 Å². The maximum absolute atomic E-state index is 11.9. The van der Waals surface area contributed by atoms with Crippen LogP contribution in [0.5, 0.6) is 0 Å². The van der Waals surface area contributed by atoms with Crippen molar-refractivity contribution in [2.24, 2.45) is 11.7 Å². The number of nitrogen functional groups attached to an aromatic ring is 1. The zero-order valence-electron chi connectivity index (χ0n) is 13.1. The van der Waals surface area contributed by atoms with Crippen molar-refractivity contribution < 1.29 is 9.53 Å². The Labute approximate surface area is 135 Å². The van der Waals surface area contributed by atoms with Crippen LogP contribution in [0.4, 0.5) is 0 Å². The number of nitrogens with zero attached hydrogens (tertiary/aromatic N) is 1. The fraction of sp³-hybridized carbons (Fsp3) is 0.500. The molecular weight excluding hydrogens is 302 g/mol. The van der Waals surface area contributed by atoms with Crippen molar-refractivity contribution in [3.05, 3.63) is 34.3 Å². The van der Waals surface area contributed by atoms with E-state index in [0.29, 0.717) is 23.7 Å². The van der Waals surface area contributed by atoms with Crippen molar-refractivity contribution in [3.63, 3.8) is 0 Å². The Morgan fingerprint density at radius 1 is 1.45 bits per heavy atom. The molecule has 6 heteroatoms. The van der Waals surface area contributed by atoms with Crippen LogP contribution in [0.1, 0.15) is 31.9 Å². The standard InChI is InChI=1S/C16H22ClN3O2/c1-16(2,3)22-15(21)11-8-20(9-11)7-10-4-5-12(14(18)19)13(17)6-10/h4-6,11H,7-9H2,1-3H3,(H3,18,19). The van der Waals surface area contributed by atoms with Crippen LogP contribution in [-0.4, -0.2) is 35.4 Å². The number of nitrogens with two attached hydrogens (primary N) is 1. The molecule has 1 saturated heterocycles. The summed E-state index contributed by atoms with van der Waals surface area (Å²) in [6, 6.07) is 5.48. The van der Waals surface area contributed by atoms with Crippen molar-refractivity contribution in [1.82, 2.24) is 4.90 Å². The molecule has 1 aliphatic heterocycles. The number of hydrogen-bond donors (Lipinski definition) is 2. The number of ether oxygens (including phenoxy) is 1. The van der Waals surface area contributed by atoms with Crippen LogP contribution in [0.2, 0.25) is 5.02 Å². The van der Waals surface area contributed by atoms with Gasteiger partial charge in [0, 0.05) is 25.2 Å². The zero-order chi connectivity index (χ0) is 16.5. The molecule has 0 saturated carbocycles. The van der Waals surface area contributed by atoms with E-state index in [1.807, 2.05) is 32.9 Å².